The van der Waals surface area contributed by atoms with Crippen LogP contribution in [0.3, 0.4) is 0 Å². The summed E-state index contributed by atoms with van der Waals surface area (Å²) < 4.78 is 207. The van der Waals surface area contributed by atoms with Crippen molar-refractivity contribution >= 4 is 0 Å². The van der Waals surface area contributed by atoms with Gasteiger partial charge in [-0.2, -0.15) is 57.1 Å². The van der Waals surface area contributed by atoms with Crippen LogP contribution in [0.4, 0.5) is 70.2 Å². The first-order chi connectivity index (χ1) is 13.0. The van der Waals surface area contributed by atoms with Gasteiger partial charge in [0.15, 0.2) is 6.17 Å². The second-order valence-corrected chi connectivity index (χ2v) is 6.14. The maximum atomic E-state index is 13.8. The van der Waals surface area contributed by atoms with E-state index in [0.29, 0.717) is 0 Å². The van der Waals surface area contributed by atoms with Crippen molar-refractivity contribution in [1.29, 1.82) is 0 Å². The van der Waals surface area contributed by atoms with E-state index in [-0.39, 0.29) is 12.8 Å². The van der Waals surface area contributed by atoms with Gasteiger partial charge in [0.25, 0.3) is 5.79 Å². The second kappa shape index (κ2) is 8.41. The molecule has 2 atom stereocenters. The number of nitrogens with two attached hydrogens (primary N) is 1. The Kier molecular flexibility index (Phi) is 8.08. The Bertz CT molecular complexity index is 566. The first-order valence-corrected chi connectivity index (χ1v) is 7.62. The lowest BCUT2D eigenvalue weighted by molar-refractivity contribution is -0.448. The molecule has 0 saturated carbocycles. The summed E-state index contributed by atoms with van der Waals surface area (Å²) in [6, 6.07) is 0. The zero-order valence-corrected chi connectivity index (χ0v) is 14.2. The number of hydrogen-bond acceptors (Lipinski definition) is 1. The van der Waals surface area contributed by atoms with Crippen LogP contribution < -0.4 is 5.73 Å². The normalized spacial score (nSPS) is 18.3. The minimum absolute atomic E-state index is 0.361. The molecular formula is C13H13F16N. The van der Waals surface area contributed by atoms with E-state index >= 15 is 0 Å². The Balaban J connectivity index is 6.16. The third kappa shape index (κ3) is 4.26. The Morgan fingerprint density at radius 1 is 0.533 bits per heavy atom. The molecule has 0 aromatic rings. The second-order valence-electron chi connectivity index (χ2n) is 6.14. The van der Waals surface area contributed by atoms with Crippen molar-refractivity contribution in [2.75, 3.05) is 6.67 Å². The lowest BCUT2D eigenvalue weighted by atomic mass is 9.87. The molecule has 0 rings (SSSR count). The Morgan fingerprint density at radius 3 is 1.27 bits per heavy atom. The van der Waals surface area contributed by atoms with Crippen LogP contribution in [-0.2, 0) is 0 Å². The van der Waals surface area contributed by atoms with Crippen molar-refractivity contribution in [3.63, 3.8) is 0 Å². The predicted molar refractivity (Wildman–Crippen MR) is 68.2 cm³/mol. The lowest BCUT2D eigenvalue weighted by Crippen LogP contribution is -2.76. The van der Waals surface area contributed by atoms with Crippen LogP contribution in [0.5, 0.6) is 0 Å². The van der Waals surface area contributed by atoms with Gasteiger partial charge in [-0.15, -0.1) is 0 Å². The van der Waals surface area contributed by atoms with Gasteiger partial charge in [0, 0.05) is 0 Å². The van der Waals surface area contributed by atoms with Gasteiger partial charge >= 0.3 is 35.8 Å². The number of unbranched alkanes of at least 4 members (excludes halogenated alkanes) is 2. The van der Waals surface area contributed by atoms with E-state index in [1.54, 1.807) is 0 Å². The fourth-order valence-electron chi connectivity index (χ4n) is 2.01. The summed E-state index contributed by atoms with van der Waals surface area (Å²) in [5, 5.41) is 0. The van der Waals surface area contributed by atoms with Crippen LogP contribution in [0.2, 0.25) is 0 Å². The van der Waals surface area contributed by atoms with Crippen LogP contribution >= 0.6 is 0 Å². The van der Waals surface area contributed by atoms with Crippen LogP contribution in [0, 0.1) is 0 Å². The van der Waals surface area contributed by atoms with Gasteiger partial charge in [-0.25, -0.2) is 8.78 Å². The minimum atomic E-state index is -8.27. The summed E-state index contributed by atoms with van der Waals surface area (Å²) in [7, 11) is 0. The molecule has 0 heterocycles. The van der Waals surface area contributed by atoms with Crippen molar-refractivity contribution in [3.8, 4) is 0 Å². The Hall–Kier alpha value is -1.16. The zero-order chi connectivity index (χ0) is 24.6. The predicted octanol–water partition coefficient (Wildman–Crippen LogP) is 6.22. The summed E-state index contributed by atoms with van der Waals surface area (Å²) in [5.41, 5.74) is 3.94. The SMILES string of the molecule is NC(F)(C(F)CCCCCF)C(F)(F)C(F)(F)C(F)(F)C(F)(F)C(F)(F)C(F)(F)F. The molecule has 0 fully saturated rings. The highest BCUT2D eigenvalue weighted by Gasteiger charge is 2.93. The van der Waals surface area contributed by atoms with Crippen molar-refractivity contribution < 1.29 is 70.2 Å². The summed E-state index contributed by atoms with van der Waals surface area (Å²) in [4.78, 5) is 0. The summed E-state index contributed by atoms with van der Waals surface area (Å²) >= 11 is 0. The molecule has 0 aromatic heterocycles. The topological polar surface area (TPSA) is 26.0 Å². The fourth-order valence-corrected chi connectivity index (χ4v) is 2.01. The van der Waals surface area contributed by atoms with Gasteiger partial charge in [0.05, 0.1) is 6.67 Å². The molecule has 0 bridgehead atoms. The molecule has 2 unspecified atom stereocenters. The minimum Gasteiger partial charge on any atom is -0.291 e. The number of halogens is 16. The van der Waals surface area contributed by atoms with E-state index in [1.807, 2.05) is 0 Å². The van der Waals surface area contributed by atoms with E-state index in [2.05, 4.69) is 5.73 Å². The van der Waals surface area contributed by atoms with Crippen molar-refractivity contribution in [3.05, 3.63) is 0 Å². The van der Waals surface area contributed by atoms with Gasteiger partial charge in [0.2, 0.25) is 0 Å². The van der Waals surface area contributed by atoms with Crippen molar-refractivity contribution in [1.82, 2.24) is 0 Å². The quantitative estimate of drug-likeness (QED) is 0.209. The highest BCUT2D eigenvalue weighted by atomic mass is 19.4. The molecule has 17 heteroatoms. The molecule has 0 spiro atoms. The molecule has 30 heavy (non-hydrogen) atoms. The first-order valence-electron chi connectivity index (χ1n) is 7.62. The molecule has 2 N–H and O–H groups in total. The molecule has 0 amide bonds. The average Bonchev–Trinajstić information content (AvgIpc) is 2.56. The molecule has 0 aliphatic carbocycles. The first kappa shape index (κ1) is 28.8. The molecule has 0 aliphatic rings. The molecule has 1 nitrogen and oxygen atoms in total. The highest BCUT2D eigenvalue weighted by Crippen LogP contribution is 2.62. The highest BCUT2D eigenvalue weighted by molar-refractivity contribution is 5.14. The zero-order valence-electron chi connectivity index (χ0n) is 14.2. The van der Waals surface area contributed by atoms with Gasteiger partial charge in [-0.3, -0.25) is 10.1 Å². The van der Waals surface area contributed by atoms with E-state index in [4.69, 9.17) is 0 Å². The van der Waals surface area contributed by atoms with Crippen molar-refractivity contribution in [2.24, 2.45) is 5.73 Å². The fraction of sp³-hybridized carbons (Fsp3) is 1.00. The van der Waals surface area contributed by atoms with Crippen LogP contribution in [-0.4, -0.2) is 54.4 Å². The van der Waals surface area contributed by atoms with E-state index in [0.717, 1.165) is 0 Å². The lowest BCUT2D eigenvalue weighted by Gasteiger charge is -2.43. The van der Waals surface area contributed by atoms with Gasteiger partial charge in [-0.05, 0) is 12.8 Å². The molecule has 0 radical (unpaired) electrons. The molecular weight excluding hydrogens is 474 g/mol. The van der Waals surface area contributed by atoms with Crippen LogP contribution in [0.25, 0.3) is 0 Å². The summed E-state index contributed by atoms with van der Waals surface area (Å²) in [6.07, 6.45) is -14.7. The number of alkyl halides is 16. The van der Waals surface area contributed by atoms with Crippen molar-refractivity contribution in [2.45, 2.75) is 73.4 Å². The number of hydrogen-bond donors (Lipinski definition) is 1. The summed E-state index contributed by atoms with van der Waals surface area (Å²) in [5.74, 6) is -45.9. The third-order valence-electron chi connectivity index (χ3n) is 3.96. The van der Waals surface area contributed by atoms with E-state index in [9.17, 15) is 70.2 Å². The van der Waals surface area contributed by atoms with Crippen LogP contribution in [0.1, 0.15) is 25.7 Å². The smallest absolute Gasteiger partial charge is 0.291 e. The van der Waals surface area contributed by atoms with E-state index in [1.165, 1.54) is 0 Å². The van der Waals surface area contributed by atoms with E-state index < -0.39 is 67.3 Å². The standard InChI is InChI=1S/C13H13F16N/c14-5-3-1-2-4-6(15)7(16,30)8(17,18)9(19,20)10(21,22)11(23,24)12(25,26)13(27,28)29/h6H,1-5,30H2. The average molecular weight is 487 g/mol. The molecule has 0 saturated heterocycles. The molecule has 0 aliphatic heterocycles. The third-order valence-corrected chi connectivity index (χ3v) is 3.96. The Morgan fingerprint density at radius 2 is 0.900 bits per heavy atom. The Labute approximate surface area is 157 Å². The summed E-state index contributed by atoms with van der Waals surface area (Å²) in [6.45, 7) is -1.04. The maximum Gasteiger partial charge on any atom is 0.460 e. The van der Waals surface area contributed by atoms with Gasteiger partial charge in [-0.1, -0.05) is 12.8 Å². The molecule has 0 aromatic carbocycles. The maximum absolute atomic E-state index is 13.8. The van der Waals surface area contributed by atoms with Gasteiger partial charge in [0.1, 0.15) is 0 Å². The van der Waals surface area contributed by atoms with Gasteiger partial charge < -0.3 is 0 Å². The number of rotatable bonds is 11. The van der Waals surface area contributed by atoms with Crippen LogP contribution in [0.15, 0.2) is 0 Å². The monoisotopic (exact) mass is 487 g/mol. The molecule has 182 valence electrons. The largest absolute Gasteiger partial charge is 0.460 e.